The number of aldehydes is 1. The molecule has 12 heavy (non-hydrogen) atoms. The summed E-state index contributed by atoms with van der Waals surface area (Å²) >= 11 is 1.94. The first-order valence-electron chi connectivity index (χ1n) is 4.30. The van der Waals surface area contributed by atoms with Gasteiger partial charge in [-0.1, -0.05) is 0 Å². The SMILES string of the molecule is C#CCCC1(C=O)CCSCC1. The van der Waals surface area contributed by atoms with E-state index in [1.165, 1.54) is 0 Å². The van der Waals surface area contributed by atoms with E-state index in [9.17, 15) is 4.79 Å². The minimum atomic E-state index is -0.0718. The monoisotopic (exact) mass is 182 g/mol. The number of carbonyl (C=O) groups excluding carboxylic acids is 1. The topological polar surface area (TPSA) is 17.1 Å². The number of rotatable bonds is 3. The van der Waals surface area contributed by atoms with Crippen molar-refractivity contribution in [2.75, 3.05) is 11.5 Å². The van der Waals surface area contributed by atoms with E-state index in [2.05, 4.69) is 5.92 Å². The minimum absolute atomic E-state index is 0.0718. The van der Waals surface area contributed by atoms with Crippen LogP contribution in [0.15, 0.2) is 0 Å². The van der Waals surface area contributed by atoms with Gasteiger partial charge in [-0.05, 0) is 30.8 Å². The fourth-order valence-electron chi connectivity index (χ4n) is 1.53. The van der Waals surface area contributed by atoms with Gasteiger partial charge in [-0.15, -0.1) is 12.3 Å². The van der Waals surface area contributed by atoms with Gasteiger partial charge in [0.15, 0.2) is 0 Å². The van der Waals surface area contributed by atoms with Crippen molar-refractivity contribution in [2.45, 2.75) is 25.7 Å². The molecule has 0 radical (unpaired) electrons. The molecule has 1 aliphatic rings. The van der Waals surface area contributed by atoms with Crippen molar-refractivity contribution in [3.8, 4) is 12.3 Å². The van der Waals surface area contributed by atoms with E-state index in [0.717, 1.165) is 43.5 Å². The van der Waals surface area contributed by atoms with Crippen LogP contribution in [0.4, 0.5) is 0 Å². The maximum Gasteiger partial charge on any atom is 0.126 e. The lowest BCUT2D eigenvalue weighted by atomic mass is 9.79. The summed E-state index contributed by atoms with van der Waals surface area (Å²) in [6.45, 7) is 0. The molecule has 0 bridgehead atoms. The van der Waals surface area contributed by atoms with Gasteiger partial charge in [0.25, 0.3) is 0 Å². The highest BCUT2D eigenvalue weighted by Gasteiger charge is 2.30. The number of thioether (sulfide) groups is 1. The second-order valence-electron chi connectivity index (χ2n) is 3.30. The third-order valence-corrected chi connectivity index (χ3v) is 3.49. The highest BCUT2D eigenvalue weighted by molar-refractivity contribution is 7.99. The third-order valence-electron chi connectivity index (χ3n) is 2.51. The number of hydrogen-bond donors (Lipinski definition) is 0. The molecule has 0 atom stereocenters. The van der Waals surface area contributed by atoms with Crippen LogP contribution in [0.1, 0.15) is 25.7 Å². The first-order valence-corrected chi connectivity index (χ1v) is 5.46. The molecule has 1 aliphatic heterocycles. The van der Waals surface area contributed by atoms with E-state index < -0.39 is 0 Å². The smallest absolute Gasteiger partial charge is 0.126 e. The quantitative estimate of drug-likeness (QED) is 0.491. The molecule has 1 saturated heterocycles. The Morgan fingerprint density at radius 3 is 2.67 bits per heavy atom. The molecular weight excluding hydrogens is 168 g/mol. The lowest BCUT2D eigenvalue weighted by Crippen LogP contribution is -2.27. The molecule has 1 heterocycles. The van der Waals surface area contributed by atoms with Crippen molar-refractivity contribution < 1.29 is 4.79 Å². The third kappa shape index (κ3) is 2.28. The number of carbonyl (C=O) groups is 1. The van der Waals surface area contributed by atoms with Crippen LogP contribution in [-0.2, 0) is 4.79 Å². The minimum Gasteiger partial charge on any atom is -0.303 e. The second-order valence-corrected chi connectivity index (χ2v) is 4.52. The molecule has 0 spiro atoms. The highest BCUT2D eigenvalue weighted by atomic mass is 32.2. The molecule has 0 saturated carbocycles. The van der Waals surface area contributed by atoms with Crippen LogP contribution in [0, 0.1) is 17.8 Å². The summed E-state index contributed by atoms with van der Waals surface area (Å²) in [4.78, 5) is 10.9. The van der Waals surface area contributed by atoms with Crippen LogP contribution in [0.25, 0.3) is 0 Å². The fraction of sp³-hybridized carbons (Fsp3) is 0.700. The summed E-state index contributed by atoms with van der Waals surface area (Å²) in [5.74, 6) is 4.84. The Morgan fingerprint density at radius 1 is 1.50 bits per heavy atom. The van der Waals surface area contributed by atoms with Crippen LogP contribution in [0.3, 0.4) is 0 Å². The van der Waals surface area contributed by atoms with Gasteiger partial charge < -0.3 is 4.79 Å². The molecule has 0 aromatic carbocycles. The Kier molecular flexibility index (Phi) is 3.68. The molecule has 1 rings (SSSR count). The average Bonchev–Trinajstić information content (AvgIpc) is 2.16. The molecule has 0 aromatic rings. The molecule has 1 nitrogen and oxygen atoms in total. The molecule has 1 fully saturated rings. The van der Waals surface area contributed by atoms with E-state index in [1.807, 2.05) is 11.8 Å². The molecule has 2 heteroatoms. The normalized spacial score (nSPS) is 21.2. The van der Waals surface area contributed by atoms with E-state index in [0.29, 0.717) is 0 Å². The summed E-state index contributed by atoms with van der Waals surface area (Å²) in [7, 11) is 0. The van der Waals surface area contributed by atoms with E-state index in [4.69, 9.17) is 6.42 Å². The number of terminal acetylenes is 1. The summed E-state index contributed by atoms with van der Waals surface area (Å²) in [6, 6.07) is 0. The largest absolute Gasteiger partial charge is 0.303 e. The van der Waals surface area contributed by atoms with Gasteiger partial charge in [0.1, 0.15) is 6.29 Å². The Morgan fingerprint density at radius 2 is 2.17 bits per heavy atom. The molecule has 0 N–H and O–H groups in total. The van der Waals surface area contributed by atoms with Gasteiger partial charge in [-0.2, -0.15) is 11.8 Å². The van der Waals surface area contributed by atoms with E-state index in [-0.39, 0.29) is 5.41 Å². The van der Waals surface area contributed by atoms with Crippen LogP contribution >= 0.6 is 11.8 Å². The lowest BCUT2D eigenvalue weighted by Gasteiger charge is -2.30. The first-order chi connectivity index (χ1) is 5.83. The molecular formula is C10H14OS. The molecule has 0 unspecified atom stereocenters. The summed E-state index contributed by atoms with van der Waals surface area (Å²) in [6.07, 6.45) is 9.97. The van der Waals surface area contributed by atoms with Gasteiger partial charge in [-0.3, -0.25) is 0 Å². The summed E-state index contributed by atoms with van der Waals surface area (Å²) in [5, 5.41) is 0. The van der Waals surface area contributed by atoms with Crippen molar-refractivity contribution in [1.82, 2.24) is 0 Å². The zero-order chi connectivity index (χ0) is 8.86. The van der Waals surface area contributed by atoms with Crippen molar-refractivity contribution >= 4 is 18.0 Å². The fourth-order valence-corrected chi connectivity index (χ4v) is 2.83. The zero-order valence-corrected chi connectivity index (χ0v) is 8.03. The maximum atomic E-state index is 10.9. The van der Waals surface area contributed by atoms with E-state index in [1.54, 1.807) is 0 Å². The van der Waals surface area contributed by atoms with Gasteiger partial charge >= 0.3 is 0 Å². The second kappa shape index (κ2) is 4.57. The van der Waals surface area contributed by atoms with Crippen LogP contribution in [0.5, 0.6) is 0 Å². The zero-order valence-electron chi connectivity index (χ0n) is 7.21. The van der Waals surface area contributed by atoms with Crippen molar-refractivity contribution in [3.05, 3.63) is 0 Å². The Balaban J connectivity index is 2.49. The highest BCUT2D eigenvalue weighted by Crippen LogP contribution is 2.36. The van der Waals surface area contributed by atoms with Gasteiger partial charge in [-0.25, -0.2) is 0 Å². The predicted octanol–water partition coefficient (Wildman–Crippen LogP) is 2.11. The first kappa shape index (κ1) is 9.67. The Bertz CT molecular complexity index is 187. The predicted molar refractivity (Wildman–Crippen MR) is 53.1 cm³/mol. The average molecular weight is 182 g/mol. The lowest BCUT2D eigenvalue weighted by molar-refractivity contribution is -0.116. The molecule has 66 valence electrons. The van der Waals surface area contributed by atoms with Gasteiger partial charge in [0.2, 0.25) is 0 Å². The Labute approximate surface area is 78.3 Å². The summed E-state index contributed by atoms with van der Waals surface area (Å²) < 4.78 is 0. The van der Waals surface area contributed by atoms with Crippen LogP contribution in [0.2, 0.25) is 0 Å². The molecule has 0 aliphatic carbocycles. The van der Waals surface area contributed by atoms with E-state index >= 15 is 0 Å². The van der Waals surface area contributed by atoms with Gasteiger partial charge in [0.05, 0.1) is 0 Å². The standard InChI is InChI=1S/C10H14OS/c1-2-3-4-10(9-11)5-7-12-8-6-10/h1,9H,3-8H2. The molecule has 0 aromatic heterocycles. The van der Waals surface area contributed by atoms with Gasteiger partial charge in [0, 0.05) is 11.8 Å². The molecule has 0 amide bonds. The van der Waals surface area contributed by atoms with Crippen molar-refractivity contribution in [3.63, 3.8) is 0 Å². The number of hydrogen-bond acceptors (Lipinski definition) is 2. The van der Waals surface area contributed by atoms with Crippen molar-refractivity contribution in [2.24, 2.45) is 5.41 Å². The maximum absolute atomic E-state index is 10.9. The summed E-state index contributed by atoms with van der Waals surface area (Å²) in [5.41, 5.74) is -0.0718. The van der Waals surface area contributed by atoms with Crippen LogP contribution in [-0.4, -0.2) is 17.8 Å². The Hall–Kier alpha value is -0.420. The van der Waals surface area contributed by atoms with Crippen molar-refractivity contribution in [1.29, 1.82) is 0 Å². The van der Waals surface area contributed by atoms with Crippen LogP contribution < -0.4 is 0 Å².